The molecule has 2 saturated carbocycles. The molecule has 0 radical (unpaired) electrons. The van der Waals surface area contributed by atoms with Crippen LogP contribution in [0, 0.1) is 0 Å². The number of carbonyl (C=O) groups is 1. The minimum atomic E-state index is -3.69. The summed E-state index contributed by atoms with van der Waals surface area (Å²) in [5.41, 5.74) is 7.91. The maximum absolute atomic E-state index is 13.8. The summed E-state index contributed by atoms with van der Waals surface area (Å²) in [7, 11) is -3.69. The minimum absolute atomic E-state index is 0.223. The summed E-state index contributed by atoms with van der Waals surface area (Å²) >= 11 is 0. The number of rotatable bonds is 6. The first kappa shape index (κ1) is 22.3. The van der Waals surface area contributed by atoms with Gasteiger partial charge in [0.1, 0.15) is 10.6 Å². The monoisotopic (exact) mass is 477 g/mol. The van der Waals surface area contributed by atoms with Crippen molar-refractivity contribution in [2.24, 2.45) is 0 Å². The molecule has 9 heteroatoms. The topological polar surface area (TPSA) is 127 Å². The van der Waals surface area contributed by atoms with Gasteiger partial charge in [0, 0.05) is 23.4 Å². The Morgan fingerprint density at radius 3 is 2.29 bits per heavy atom. The lowest BCUT2D eigenvalue weighted by Crippen LogP contribution is -2.34. The molecule has 2 aliphatic carbocycles. The van der Waals surface area contributed by atoms with Gasteiger partial charge >= 0.3 is 6.03 Å². The fraction of sp³-hybridized carbons (Fsp3) is 0.320. The van der Waals surface area contributed by atoms with E-state index in [1.54, 1.807) is 60.7 Å². The van der Waals surface area contributed by atoms with E-state index in [0.29, 0.717) is 35.6 Å². The summed E-state index contributed by atoms with van der Waals surface area (Å²) in [6.45, 7) is 0. The number of nitrogens with two attached hydrogens (primary N) is 1. The third-order valence-electron chi connectivity index (χ3n) is 6.51. The van der Waals surface area contributed by atoms with E-state index < -0.39 is 14.6 Å². The van der Waals surface area contributed by atoms with Crippen molar-refractivity contribution in [2.75, 3.05) is 11.1 Å². The van der Waals surface area contributed by atoms with Crippen molar-refractivity contribution in [3.8, 4) is 11.4 Å². The molecular formula is C25H27N5O3S. The number of amides is 2. The number of nitrogen functional groups attached to an aromatic ring is 1. The lowest BCUT2D eigenvalue weighted by molar-refractivity contribution is 0.251. The molecule has 0 bridgehead atoms. The van der Waals surface area contributed by atoms with Crippen LogP contribution in [0.2, 0.25) is 0 Å². The van der Waals surface area contributed by atoms with Crippen molar-refractivity contribution in [3.63, 3.8) is 0 Å². The van der Waals surface area contributed by atoms with Gasteiger partial charge in [-0.25, -0.2) is 23.2 Å². The van der Waals surface area contributed by atoms with E-state index in [-0.39, 0.29) is 22.8 Å². The molecule has 0 unspecified atom stereocenters. The van der Waals surface area contributed by atoms with Crippen molar-refractivity contribution in [3.05, 3.63) is 66.4 Å². The van der Waals surface area contributed by atoms with Crippen LogP contribution in [0.3, 0.4) is 0 Å². The Kier molecular flexibility index (Phi) is 5.73. The molecular weight excluding hydrogens is 450 g/mol. The molecule has 176 valence electrons. The maximum Gasteiger partial charge on any atom is 0.319 e. The molecule has 34 heavy (non-hydrogen) atoms. The van der Waals surface area contributed by atoms with E-state index in [4.69, 9.17) is 10.7 Å². The number of carbonyl (C=O) groups excluding carboxylic acids is 1. The van der Waals surface area contributed by atoms with Gasteiger partial charge in [0.2, 0.25) is 0 Å². The highest BCUT2D eigenvalue weighted by Crippen LogP contribution is 2.48. The predicted molar refractivity (Wildman–Crippen MR) is 131 cm³/mol. The second-order valence-electron chi connectivity index (χ2n) is 8.97. The number of benzene rings is 2. The van der Waals surface area contributed by atoms with E-state index in [2.05, 4.69) is 15.6 Å². The smallest absolute Gasteiger partial charge is 0.319 e. The van der Waals surface area contributed by atoms with Crippen LogP contribution in [0.4, 0.5) is 16.3 Å². The normalized spacial score (nSPS) is 17.3. The second-order valence-corrected chi connectivity index (χ2v) is 11.2. The first-order valence-electron chi connectivity index (χ1n) is 11.5. The fourth-order valence-corrected chi connectivity index (χ4v) is 6.72. The maximum atomic E-state index is 13.8. The van der Waals surface area contributed by atoms with Gasteiger partial charge in [0.25, 0.3) is 0 Å². The van der Waals surface area contributed by atoms with Crippen molar-refractivity contribution in [1.29, 1.82) is 0 Å². The average molecular weight is 478 g/mol. The zero-order chi connectivity index (χ0) is 23.8. The van der Waals surface area contributed by atoms with Crippen molar-refractivity contribution in [1.82, 2.24) is 15.3 Å². The molecule has 1 aromatic heterocycles. The molecule has 4 N–H and O–H groups in total. The van der Waals surface area contributed by atoms with Crippen LogP contribution in [0.25, 0.3) is 11.4 Å². The highest BCUT2D eigenvalue weighted by Gasteiger charge is 2.49. The van der Waals surface area contributed by atoms with Gasteiger partial charge in [-0.05, 0) is 62.1 Å². The van der Waals surface area contributed by atoms with Crippen molar-refractivity contribution < 1.29 is 13.2 Å². The lowest BCUT2D eigenvalue weighted by atomic mass is 10.0. The zero-order valence-electron chi connectivity index (χ0n) is 18.7. The van der Waals surface area contributed by atoms with Crippen molar-refractivity contribution in [2.45, 2.75) is 54.2 Å². The minimum Gasteiger partial charge on any atom is -0.384 e. The Morgan fingerprint density at radius 2 is 1.65 bits per heavy atom. The van der Waals surface area contributed by atoms with Gasteiger partial charge in [-0.15, -0.1) is 0 Å². The highest BCUT2D eigenvalue weighted by molar-refractivity contribution is 7.92. The number of hydrogen-bond donors (Lipinski definition) is 3. The molecule has 2 fully saturated rings. The molecule has 2 aromatic carbocycles. The van der Waals surface area contributed by atoms with E-state index in [9.17, 15) is 13.2 Å². The molecule has 8 nitrogen and oxygen atoms in total. The van der Waals surface area contributed by atoms with E-state index >= 15 is 0 Å². The number of nitrogens with zero attached hydrogens (tertiary/aromatic N) is 2. The van der Waals surface area contributed by atoms with Crippen LogP contribution < -0.4 is 16.4 Å². The summed E-state index contributed by atoms with van der Waals surface area (Å²) in [5.74, 6) is 0.582. The number of sulfone groups is 1. The summed E-state index contributed by atoms with van der Waals surface area (Å²) in [6, 6.07) is 17.3. The number of anilines is 2. The number of urea groups is 1. The molecule has 0 spiro atoms. The van der Waals surface area contributed by atoms with Crippen LogP contribution in [0.1, 0.15) is 44.2 Å². The lowest BCUT2D eigenvalue weighted by Gasteiger charge is -2.29. The quantitative estimate of drug-likeness (QED) is 0.487. The molecule has 0 aliphatic heterocycles. The van der Waals surface area contributed by atoms with Gasteiger partial charge in [-0.1, -0.05) is 31.0 Å². The van der Waals surface area contributed by atoms with Crippen LogP contribution in [-0.2, 0) is 14.6 Å². The Balaban J connectivity index is 1.47. The van der Waals surface area contributed by atoms with Crippen LogP contribution in [0.5, 0.6) is 0 Å². The largest absolute Gasteiger partial charge is 0.384 e. The van der Waals surface area contributed by atoms with Gasteiger partial charge in [-0.3, -0.25) is 0 Å². The number of hydrogen-bond acceptors (Lipinski definition) is 6. The number of aromatic nitrogens is 2. The van der Waals surface area contributed by atoms with Gasteiger partial charge in [0.15, 0.2) is 15.7 Å². The Morgan fingerprint density at radius 1 is 0.971 bits per heavy atom. The summed E-state index contributed by atoms with van der Waals surface area (Å²) < 4.78 is 26.5. The molecule has 2 aliphatic rings. The molecule has 0 atom stereocenters. The van der Waals surface area contributed by atoms with Gasteiger partial charge < -0.3 is 16.4 Å². The number of nitrogens with one attached hydrogen (secondary N) is 2. The predicted octanol–water partition coefficient (Wildman–Crippen LogP) is 4.25. The van der Waals surface area contributed by atoms with Crippen LogP contribution in [0.15, 0.2) is 65.6 Å². The summed E-state index contributed by atoms with van der Waals surface area (Å²) in [4.78, 5) is 21.4. The highest BCUT2D eigenvalue weighted by atomic mass is 32.2. The Labute approximate surface area is 198 Å². The SMILES string of the molecule is Nc1cc(C2(S(=O)(=O)c3ccccc3)CCCC2)nc(-c2ccc(NC(=O)NC3CC3)cc2)n1. The van der Waals surface area contributed by atoms with E-state index in [0.717, 1.165) is 25.7 Å². The summed E-state index contributed by atoms with van der Waals surface area (Å²) in [5, 5.41) is 5.69. The zero-order valence-corrected chi connectivity index (χ0v) is 19.5. The van der Waals surface area contributed by atoms with E-state index in [1.807, 2.05) is 0 Å². The molecule has 3 aromatic rings. The molecule has 5 rings (SSSR count). The first-order chi connectivity index (χ1) is 16.4. The van der Waals surface area contributed by atoms with Gasteiger partial charge in [-0.2, -0.15) is 0 Å². The third kappa shape index (κ3) is 4.23. The fourth-order valence-electron chi connectivity index (χ4n) is 4.55. The molecule has 0 saturated heterocycles. The first-order valence-corrected chi connectivity index (χ1v) is 13.0. The average Bonchev–Trinajstić information content (AvgIpc) is 3.49. The third-order valence-corrected chi connectivity index (χ3v) is 9.04. The Hall–Kier alpha value is -3.46. The Bertz CT molecular complexity index is 1300. The molecule has 2 amide bonds. The van der Waals surface area contributed by atoms with Gasteiger partial charge in [0.05, 0.1) is 10.6 Å². The van der Waals surface area contributed by atoms with E-state index in [1.165, 1.54) is 0 Å². The summed E-state index contributed by atoms with van der Waals surface area (Å²) in [6.07, 6.45) is 4.60. The molecule has 1 heterocycles. The second kappa shape index (κ2) is 8.72. The van der Waals surface area contributed by atoms with Crippen LogP contribution >= 0.6 is 0 Å². The van der Waals surface area contributed by atoms with Crippen LogP contribution in [-0.4, -0.2) is 30.5 Å². The standard InChI is InChI=1S/C25H27N5O3S/c26-22-16-21(25(14-4-5-15-25)34(32,33)20-6-2-1-3-7-20)29-23(30-22)17-8-10-18(11-9-17)27-24(31)28-19-12-13-19/h1-3,6-11,16,19H,4-5,12-15H2,(H2,26,29,30)(H2,27,28,31). The van der Waals surface area contributed by atoms with Crippen molar-refractivity contribution >= 4 is 27.4 Å².